The topological polar surface area (TPSA) is 95.4 Å². The number of urea groups is 1. The van der Waals surface area contributed by atoms with E-state index in [1.807, 2.05) is 12.1 Å². The molecule has 4 rings (SSSR count). The van der Waals surface area contributed by atoms with Gasteiger partial charge in [0.05, 0.1) is 29.5 Å². The number of rotatable bonds is 1. The number of fused-ring (bicyclic) bond motifs is 2. The van der Waals surface area contributed by atoms with Crippen molar-refractivity contribution in [2.45, 2.75) is 25.0 Å². The van der Waals surface area contributed by atoms with Crippen LogP contribution in [0.4, 0.5) is 4.79 Å². The molecule has 0 saturated carbocycles. The number of imide groups is 1. The van der Waals surface area contributed by atoms with Gasteiger partial charge in [0.1, 0.15) is 5.54 Å². The van der Waals surface area contributed by atoms with Crippen LogP contribution in [-0.2, 0) is 24.2 Å². The van der Waals surface area contributed by atoms with E-state index in [0.717, 1.165) is 16.6 Å². The second-order valence-electron chi connectivity index (χ2n) is 5.83. The lowest BCUT2D eigenvalue weighted by atomic mass is 9.95. The minimum atomic E-state index is -0.837. The molecule has 2 heterocycles. The first kappa shape index (κ1) is 13.1. The molecule has 0 bridgehead atoms. The van der Waals surface area contributed by atoms with Gasteiger partial charge < -0.3 is 10.0 Å². The summed E-state index contributed by atoms with van der Waals surface area (Å²) in [6.45, 7) is -0.163. The lowest BCUT2D eigenvalue weighted by Crippen LogP contribution is -2.48. The number of nitrogens with zero attached hydrogens (tertiary/aromatic N) is 3. The van der Waals surface area contributed by atoms with Gasteiger partial charge in [-0.3, -0.25) is 15.1 Å². The third kappa shape index (κ3) is 1.59. The highest BCUT2D eigenvalue weighted by molar-refractivity contribution is 6.07. The standard InChI is InChI=1S/C15H14N4O3/c1-19-14(22)18-13(21)15(19)4-8-2-11-12(3-9(8)5-15)17-10(7-20)6-16-11/h2-3,6,20H,4-5,7H2,1H3,(H,18,21,22). The maximum Gasteiger partial charge on any atom is 0.324 e. The van der Waals surface area contributed by atoms with Crippen molar-refractivity contribution in [1.82, 2.24) is 20.2 Å². The SMILES string of the molecule is CN1C(=O)NC(=O)C12Cc1cc3ncc(CO)nc3cc1C2. The molecule has 1 fully saturated rings. The number of likely N-dealkylation sites (N-methyl/N-ethyl adjacent to an activating group) is 1. The van der Waals surface area contributed by atoms with E-state index in [2.05, 4.69) is 15.3 Å². The summed E-state index contributed by atoms with van der Waals surface area (Å²) < 4.78 is 0. The first-order valence-electron chi connectivity index (χ1n) is 7.01. The Kier molecular flexibility index (Phi) is 2.53. The molecule has 1 aliphatic carbocycles. The minimum Gasteiger partial charge on any atom is -0.390 e. The van der Waals surface area contributed by atoms with Crippen LogP contribution in [0.15, 0.2) is 18.3 Å². The average Bonchev–Trinajstić information content (AvgIpc) is 2.98. The molecule has 1 atom stereocenters. The fourth-order valence-electron chi connectivity index (χ4n) is 3.32. The third-order valence-corrected chi connectivity index (χ3v) is 4.63. The van der Waals surface area contributed by atoms with Crippen LogP contribution in [0.25, 0.3) is 11.0 Å². The van der Waals surface area contributed by atoms with Gasteiger partial charge >= 0.3 is 6.03 Å². The summed E-state index contributed by atoms with van der Waals surface area (Å²) in [6.07, 6.45) is 2.49. The molecule has 2 aliphatic rings. The Balaban J connectivity index is 1.82. The van der Waals surface area contributed by atoms with Crippen molar-refractivity contribution in [2.24, 2.45) is 0 Å². The maximum absolute atomic E-state index is 12.2. The lowest BCUT2D eigenvalue weighted by molar-refractivity contribution is -0.125. The second-order valence-corrected chi connectivity index (χ2v) is 5.83. The summed E-state index contributed by atoms with van der Waals surface area (Å²) in [4.78, 5) is 34.1. The van der Waals surface area contributed by atoms with E-state index in [4.69, 9.17) is 5.11 Å². The molecular formula is C15H14N4O3. The van der Waals surface area contributed by atoms with Gasteiger partial charge in [-0.2, -0.15) is 0 Å². The number of nitrogens with one attached hydrogen (secondary N) is 1. The summed E-state index contributed by atoms with van der Waals surface area (Å²) in [5.41, 5.74) is 3.08. The van der Waals surface area contributed by atoms with Gasteiger partial charge in [-0.1, -0.05) is 0 Å². The number of aliphatic hydroxyl groups excluding tert-OH is 1. The quantitative estimate of drug-likeness (QED) is 0.730. The Bertz CT molecular complexity index is 835. The van der Waals surface area contributed by atoms with Gasteiger partial charge in [-0.15, -0.1) is 0 Å². The van der Waals surface area contributed by atoms with Crippen molar-refractivity contribution < 1.29 is 14.7 Å². The smallest absolute Gasteiger partial charge is 0.324 e. The van der Waals surface area contributed by atoms with Crippen LogP contribution in [0.3, 0.4) is 0 Å². The number of hydrogen-bond acceptors (Lipinski definition) is 5. The number of hydrogen-bond donors (Lipinski definition) is 2. The molecule has 112 valence electrons. The molecule has 7 nitrogen and oxygen atoms in total. The summed E-state index contributed by atoms with van der Waals surface area (Å²) >= 11 is 0. The molecule has 1 saturated heterocycles. The number of amides is 3. The molecule has 3 amide bonds. The molecule has 1 aliphatic heterocycles. The van der Waals surface area contributed by atoms with Crippen molar-refractivity contribution in [2.75, 3.05) is 7.05 Å². The van der Waals surface area contributed by atoms with Crippen LogP contribution in [0.1, 0.15) is 16.8 Å². The highest BCUT2D eigenvalue weighted by atomic mass is 16.3. The summed E-state index contributed by atoms with van der Waals surface area (Å²) in [5.74, 6) is -0.253. The molecule has 1 aromatic heterocycles. The first-order valence-corrected chi connectivity index (χ1v) is 7.01. The fraction of sp³-hybridized carbons (Fsp3) is 0.333. The Morgan fingerprint density at radius 3 is 2.55 bits per heavy atom. The Morgan fingerprint density at radius 2 is 1.95 bits per heavy atom. The van der Waals surface area contributed by atoms with Crippen molar-refractivity contribution in [3.8, 4) is 0 Å². The van der Waals surface area contributed by atoms with Crippen LogP contribution >= 0.6 is 0 Å². The predicted molar refractivity (Wildman–Crippen MR) is 76.9 cm³/mol. The van der Waals surface area contributed by atoms with Gasteiger partial charge in [0.2, 0.25) is 0 Å². The zero-order valence-electron chi connectivity index (χ0n) is 12.0. The number of aromatic nitrogens is 2. The van der Waals surface area contributed by atoms with E-state index in [1.165, 1.54) is 11.1 Å². The van der Waals surface area contributed by atoms with E-state index in [0.29, 0.717) is 24.1 Å². The first-order chi connectivity index (χ1) is 10.5. The van der Waals surface area contributed by atoms with E-state index in [-0.39, 0.29) is 18.5 Å². The van der Waals surface area contributed by atoms with Crippen molar-refractivity contribution in [3.63, 3.8) is 0 Å². The zero-order chi connectivity index (χ0) is 15.5. The molecule has 0 radical (unpaired) electrons. The van der Waals surface area contributed by atoms with Gasteiger partial charge in [0.15, 0.2) is 0 Å². The minimum absolute atomic E-state index is 0.163. The number of carbonyl (C=O) groups excluding carboxylic acids is 2. The monoisotopic (exact) mass is 298 g/mol. The Hall–Kier alpha value is -2.54. The highest BCUT2D eigenvalue weighted by Crippen LogP contribution is 2.38. The van der Waals surface area contributed by atoms with E-state index >= 15 is 0 Å². The predicted octanol–water partition coefficient (Wildman–Crippen LogP) is 0.141. The summed E-state index contributed by atoms with van der Waals surface area (Å²) in [6, 6.07) is 3.45. The van der Waals surface area contributed by atoms with Crippen molar-refractivity contribution in [3.05, 3.63) is 35.2 Å². The third-order valence-electron chi connectivity index (χ3n) is 4.63. The van der Waals surface area contributed by atoms with Gasteiger partial charge in [-0.05, 0) is 23.3 Å². The average molecular weight is 298 g/mol. The summed E-state index contributed by atoms with van der Waals surface area (Å²) in [7, 11) is 1.65. The van der Waals surface area contributed by atoms with Crippen LogP contribution < -0.4 is 5.32 Å². The Labute approximate surface area is 126 Å². The molecular weight excluding hydrogens is 284 g/mol. The molecule has 22 heavy (non-hydrogen) atoms. The van der Waals surface area contributed by atoms with E-state index in [1.54, 1.807) is 7.05 Å². The number of carbonyl (C=O) groups is 2. The van der Waals surface area contributed by atoms with Gasteiger partial charge in [0, 0.05) is 19.9 Å². The molecule has 7 heteroatoms. The van der Waals surface area contributed by atoms with Gasteiger partial charge in [0.25, 0.3) is 5.91 Å². The molecule has 1 unspecified atom stereocenters. The fourth-order valence-corrected chi connectivity index (χ4v) is 3.32. The normalized spacial score (nSPS) is 23.5. The largest absolute Gasteiger partial charge is 0.390 e. The second kappa shape index (κ2) is 4.23. The van der Waals surface area contributed by atoms with Crippen LogP contribution in [0, 0.1) is 0 Å². The zero-order valence-corrected chi connectivity index (χ0v) is 12.0. The molecule has 2 aromatic rings. The van der Waals surface area contributed by atoms with Crippen molar-refractivity contribution in [1.29, 1.82) is 0 Å². The lowest BCUT2D eigenvalue weighted by Gasteiger charge is -2.27. The van der Waals surface area contributed by atoms with Crippen molar-refractivity contribution >= 4 is 23.0 Å². The van der Waals surface area contributed by atoms with E-state index in [9.17, 15) is 9.59 Å². The highest BCUT2D eigenvalue weighted by Gasteiger charge is 2.54. The van der Waals surface area contributed by atoms with Crippen LogP contribution in [0.2, 0.25) is 0 Å². The molecule has 1 spiro atoms. The number of benzene rings is 1. The maximum atomic E-state index is 12.2. The molecule has 1 aromatic carbocycles. The molecule has 2 N–H and O–H groups in total. The van der Waals surface area contributed by atoms with Gasteiger partial charge in [-0.25, -0.2) is 9.78 Å². The van der Waals surface area contributed by atoms with Crippen LogP contribution in [-0.4, -0.2) is 44.5 Å². The van der Waals surface area contributed by atoms with E-state index < -0.39 is 5.54 Å². The van der Waals surface area contributed by atoms with Crippen LogP contribution in [0.5, 0.6) is 0 Å². The summed E-state index contributed by atoms with van der Waals surface area (Å²) in [5, 5.41) is 11.5. The number of aliphatic hydroxyl groups is 1. The Morgan fingerprint density at radius 1 is 1.27 bits per heavy atom.